The zero-order valence-corrected chi connectivity index (χ0v) is 8.35. The molecule has 0 aromatic rings. The van der Waals surface area contributed by atoms with Crippen molar-refractivity contribution in [2.24, 2.45) is 5.92 Å². The van der Waals surface area contributed by atoms with E-state index in [9.17, 15) is 0 Å². The van der Waals surface area contributed by atoms with Crippen molar-refractivity contribution in [1.82, 2.24) is 10.6 Å². The summed E-state index contributed by atoms with van der Waals surface area (Å²) in [4.78, 5) is 0. The highest BCUT2D eigenvalue weighted by atomic mass is 15.1. The molecule has 3 atom stereocenters. The first kappa shape index (κ1) is 8.52. The van der Waals surface area contributed by atoms with Crippen molar-refractivity contribution in [3.63, 3.8) is 0 Å². The van der Waals surface area contributed by atoms with Gasteiger partial charge >= 0.3 is 0 Å². The summed E-state index contributed by atoms with van der Waals surface area (Å²) in [6.45, 7) is 8.15. The molecule has 2 heteroatoms. The fourth-order valence-corrected chi connectivity index (χ4v) is 2.32. The first-order chi connectivity index (χ1) is 5.60. The highest BCUT2D eigenvalue weighted by Crippen LogP contribution is 2.30. The van der Waals surface area contributed by atoms with Crippen LogP contribution in [0.3, 0.4) is 0 Å². The van der Waals surface area contributed by atoms with Gasteiger partial charge in [-0.1, -0.05) is 13.8 Å². The Morgan fingerprint density at radius 1 is 1.33 bits per heavy atom. The lowest BCUT2D eigenvalue weighted by Crippen LogP contribution is -2.53. The summed E-state index contributed by atoms with van der Waals surface area (Å²) in [6.07, 6.45) is 2.68. The predicted octanol–water partition coefficient (Wildman–Crippen LogP) is 1.12. The lowest BCUT2D eigenvalue weighted by Gasteiger charge is -2.37. The van der Waals surface area contributed by atoms with Crippen LogP contribution in [0, 0.1) is 5.92 Å². The molecule has 2 bridgehead atoms. The molecule has 12 heavy (non-hydrogen) atoms. The lowest BCUT2D eigenvalue weighted by molar-refractivity contribution is 0.226. The van der Waals surface area contributed by atoms with Gasteiger partial charge in [0.15, 0.2) is 0 Å². The van der Waals surface area contributed by atoms with Gasteiger partial charge in [0.2, 0.25) is 0 Å². The summed E-state index contributed by atoms with van der Waals surface area (Å²) < 4.78 is 0. The Bertz CT molecular complexity index is 173. The molecule has 3 aliphatic heterocycles. The summed E-state index contributed by atoms with van der Waals surface area (Å²) in [7, 11) is 0. The van der Waals surface area contributed by atoms with Crippen LogP contribution in [-0.4, -0.2) is 24.2 Å². The second-order valence-electron chi connectivity index (χ2n) is 4.95. The van der Waals surface area contributed by atoms with Crippen LogP contribution in [0.15, 0.2) is 0 Å². The van der Waals surface area contributed by atoms with Gasteiger partial charge in [-0.25, -0.2) is 0 Å². The molecule has 0 aromatic heterocycles. The van der Waals surface area contributed by atoms with Crippen LogP contribution in [0.25, 0.3) is 0 Å². The van der Waals surface area contributed by atoms with E-state index in [-0.39, 0.29) is 0 Å². The Balaban J connectivity index is 2.06. The summed E-state index contributed by atoms with van der Waals surface area (Å²) in [5.74, 6) is 0.735. The van der Waals surface area contributed by atoms with E-state index in [1.54, 1.807) is 0 Å². The van der Waals surface area contributed by atoms with Crippen LogP contribution >= 0.6 is 0 Å². The number of nitrogens with one attached hydrogen (secondary N) is 2. The molecule has 3 rings (SSSR count). The van der Waals surface area contributed by atoms with Gasteiger partial charge in [0.25, 0.3) is 0 Å². The van der Waals surface area contributed by atoms with E-state index in [1.807, 2.05) is 0 Å². The first-order valence-electron chi connectivity index (χ1n) is 5.11. The molecule has 0 saturated carbocycles. The molecule has 3 unspecified atom stereocenters. The van der Waals surface area contributed by atoms with E-state index < -0.39 is 0 Å². The highest BCUT2D eigenvalue weighted by molar-refractivity contribution is 5.03. The van der Waals surface area contributed by atoms with Crippen molar-refractivity contribution in [2.45, 2.75) is 51.2 Å². The molecule has 0 spiro atoms. The van der Waals surface area contributed by atoms with E-state index in [1.165, 1.54) is 12.8 Å². The van der Waals surface area contributed by atoms with Crippen molar-refractivity contribution < 1.29 is 0 Å². The Morgan fingerprint density at radius 3 is 2.58 bits per heavy atom. The maximum Gasteiger partial charge on any atom is 0.0210 e. The molecule has 2 N–H and O–H groups in total. The number of fused-ring (bicyclic) bond motifs is 3. The summed E-state index contributed by atoms with van der Waals surface area (Å²) >= 11 is 0. The van der Waals surface area contributed by atoms with Gasteiger partial charge in [0.05, 0.1) is 0 Å². The van der Waals surface area contributed by atoms with E-state index in [2.05, 4.69) is 31.4 Å². The smallest absolute Gasteiger partial charge is 0.0210 e. The summed E-state index contributed by atoms with van der Waals surface area (Å²) in [6, 6.07) is 1.55. The van der Waals surface area contributed by atoms with E-state index in [0.717, 1.165) is 24.5 Å². The largest absolute Gasteiger partial charge is 0.310 e. The minimum absolute atomic E-state index is 0.364. The predicted molar refractivity (Wildman–Crippen MR) is 51.2 cm³/mol. The van der Waals surface area contributed by atoms with Gasteiger partial charge in [-0.2, -0.15) is 0 Å². The SMILES string of the molecule is CC(C)C1(C)CC2CC(CN1)N2. The standard InChI is InChI=1S/C10H20N2/c1-7(2)10(3)5-8-4-9(12-8)6-11-10/h7-9,11-12H,4-6H2,1-3H3. The molecule has 0 aromatic carbocycles. The Labute approximate surface area is 75.1 Å². The van der Waals surface area contributed by atoms with E-state index in [4.69, 9.17) is 0 Å². The van der Waals surface area contributed by atoms with Gasteiger partial charge in [-0.15, -0.1) is 0 Å². The van der Waals surface area contributed by atoms with Crippen LogP contribution in [0.5, 0.6) is 0 Å². The quantitative estimate of drug-likeness (QED) is 0.613. The zero-order valence-electron chi connectivity index (χ0n) is 8.35. The molecular weight excluding hydrogens is 148 g/mol. The number of rotatable bonds is 1. The Kier molecular flexibility index (Phi) is 1.92. The molecule has 2 nitrogen and oxygen atoms in total. The third kappa shape index (κ3) is 1.27. The van der Waals surface area contributed by atoms with Crippen molar-refractivity contribution >= 4 is 0 Å². The molecule has 3 aliphatic rings. The highest BCUT2D eigenvalue weighted by Gasteiger charge is 2.40. The van der Waals surface area contributed by atoms with Crippen LogP contribution in [-0.2, 0) is 0 Å². The third-order valence-corrected chi connectivity index (χ3v) is 3.74. The molecule has 0 aliphatic carbocycles. The van der Waals surface area contributed by atoms with Gasteiger partial charge < -0.3 is 10.6 Å². The fraction of sp³-hybridized carbons (Fsp3) is 1.00. The summed E-state index contributed by atoms with van der Waals surface area (Å²) in [5, 5.41) is 7.28. The van der Waals surface area contributed by atoms with Crippen LogP contribution < -0.4 is 10.6 Å². The second-order valence-corrected chi connectivity index (χ2v) is 4.95. The van der Waals surface area contributed by atoms with E-state index in [0.29, 0.717) is 5.54 Å². The molecule has 0 amide bonds. The molecule has 3 fully saturated rings. The van der Waals surface area contributed by atoms with Gasteiger partial charge in [-0.3, -0.25) is 0 Å². The minimum atomic E-state index is 0.364. The van der Waals surface area contributed by atoms with Crippen molar-refractivity contribution in [1.29, 1.82) is 0 Å². The first-order valence-corrected chi connectivity index (χ1v) is 5.11. The van der Waals surface area contributed by atoms with Gasteiger partial charge in [-0.05, 0) is 25.7 Å². The molecule has 3 saturated heterocycles. The second kappa shape index (κ2) is 2.71. The number of hydrogen-bond donors (Lipinski definition) is 2. The van der Waals surface area contributed by atoms with Gasteiger partial charge in [0.1, 0.15) is 0 Å². The maximum atomic E-state index is 3.69. The van der Waals surface area contributed by atoms with E-state index >= 15 is 0 Å². The topological polar surface area (TPSA) is 24.1 Å². The van der Waals surface area contributed by atoms with Crippen molar-refractivity contribution in [2.75, 3.05) is 6.54 Å². The van der Waals surface area contributed by atoms with Crippen LogP contribution in [0.2, 0.25) is 0 Å². The number of hydrogen-bond acceptors (Lipinski definition) is 2. The summed E-state index contributed by atoms with van der Waals surface area (Å²) in [5.41, 5.74) is 0.364. The Hall–Kier alpha value is -0.0800. The van der Waals surface area contributed by atoms with Crippen molar-refractivity contribution in [3.05, 3.63) is 0 Å². The molecule has 0 radical (unpaired) electrons. The zero-order chi connectivity index (χ0) is 8.77. The monoisotopic (exact) mass is 168 g/mol. The average molecular weight is 168 g/mol. The minimum Gasteiger partial charge on any atom is -0.310 e. The maximum absolute atomic E-state index is 3.69. The third-order valence-electron chi connectivity index (χ3n) is 3.74. The fourth-order valence-electron chi connectivity index (χ4n) is 2.32. The molecule has 3 heterocycles. The normalized spacial score (nSPS) is 47.0. The molecular formula is C10H20N2. The molecule has 70 valence electrons. The average Bonchev–Trinajstić information content (AvgIpc) is 2.15. The van der Waals surface area contributed by atoms with Crippen LogP contribution in [0.4, 0.5) is 0 Å². The van der Waals surface area contributed by atoms with Crippen LogP contribution in [0.1, 0.15) is 33.6 Å². The lowest BCUT2D eigenvalue weighted by atomic mass is 9.81. The van der Waals surface area contributed by atoms with Gasteiger partial charge in [0, 0.05) is 24.2 Å². The Morgan fingerprint density at radius 2 is 2.00 bits per heavy atom. The van der Waals surface area contributed by atoms with Crippen molar-refractivity contribution in [3.8, 4) is 0 Å².